The molecule has 0 fully saturated rings. The van der Waals surface area contributed by atoms with E-state index in [4.69, 9.17) is 4.74 Å². The molecule has 0 heterocycles. The maximum Gasteiger partial charge on any atom is 0.0638 e. The molecule has 0 aliphatic rings. The zero-order valence-corrected chi connectivity index (χ0v) is 9.26. The summed E-state index contributed by atoms with van der Waals surface area (Å²) in [6.45, 7) is 8.66. The van der Waals surface area contributed by atoms with Gasteiger partial charge < -0.3 is 10.1 Å². The van der Waals surface area contributed by atoms with E-state index in [-0.39, 0.29) is 0 Å². The number of rotatable bonds is 5. The van der Waals surface area contributed by atoms with E-state index in [0.717, 1.165) is 19.8 Å². The molecule has 0 spiro atoms. The van der Waals surface area contributed by atoms with E-state index in [1.54, 1.807) is 0 Å². The summed E-state index contributed by atoms with van der Waals surface area (Å²) in [5, 5.41) is 3.36. The molecule has 0 amide bonds. The Morgan fingerprint density at radius 3 is 2.79 bits per heavy atom. The van der Waals surface area contributed by atoms with Crippen LogP contribution in [0.2, 0.25) is 0 Å². The van der Waals surface area contributed by atoms with Crippen molar-refractivity contribution >= 4 is 5.69 Å². The van der Waals surface area contributed by atoms with Crippen molar-refractivity contribution in [3.8, 4) is 0 Å². The molecule has 0 saturated carbocycles. The summed E-state index contributed by atoms with van der Waals surface area (Å²) in [5.41, 5.74) is 3.78. The molecule has 14 heavy (non-hydrogen) atoms. The molecule has 1 aromatic carbocycles. The number of ether oxygens (including phenoxy) is 1. The molecule has 0 aliphatic heterocycles. The van der Waals surface area contributed by atoms with E-state index in [2.05, 4.69) is 37.4 Å². The average Bonchev–Trinajstić information content (AvgIpc) is 2.18. The Morgan fingerprint density at radius 2 is 2.07 bits per heavy atom. The van der Waals surface area contributed by atoms with Crippen molar-refractivity contribution in [1.82, 2.24) is 0 Å². The van der Waals surface area contributed by atoms with Gasteiger partial charge in [-0.05, 0) is 38.0 Å². The molecular formula is C12H19NO. The Labute approximate surface area is 86.3 Å². The monoisotopic (exact) mass is 193 g/mol. The van der Waals surface area contributed by atoms with Crippen LogP contribution in [-0.2, 0) is 4.74 Å². The number of hydrogen-bond acceptors (Lipinski definition) is 2. The van der Waals surface area contributed by atoms with Gasteiger partial charge in [0.1, 0.15) is 0 Å². The van der Waals surface area contributed by atoms with E-state index >= 15 is 0 Å². The van der Waals surface area contributed by atoms with Gasteiger partial charge in [-0.2, -0.15) is 0 Å². The lowest BCUT2D eigenvalue weighted by Gasteiger charge is -2.10. The zero-order chi connectivity index (χ0) is 10.4. The minimum absolute atomic E-state index is 0.768. The normalized spacial score (nSPS) is 10.2. The van der Waals surface area contributed by atoms with Gasteiger partial charge in [0.2, 0.25) is 0 Å². The van der Waals surface area contributed by atoms with Crippen molar-refractivity contribution in [2.45, 2.75) is 20.8 Å². The van der Waals surface area contributed by atoms with Gasteiger partial charge in [-0.3, -0.25) is 0 Å². The minimum Gasteiger partial charge on any atom is -0.383 e. The maximum absolute atomic E-state index is 5.26. The van der Waals surface area contributed by atoms with Gasteiger partial charge in [-0.25, -0.2) is 0 Å². The third kappa shape index (κ3) is 3.38. The standard InChI is InChI=1S/C12H19NO/c1-4-14-8-7-13-12-9-10(2)5-6-11(12)3/h5-6,9,13H,4,7-8H2,1-3H3. The lowest BCUT2D eigenvalue weighted by Crippen LogP contribution is -2.10. The van der Waals surface area contributed by atoms with Crippen LogP contribution in [0.4, 0.5) is 5.69 Å². The summed E-state index contributed by atoms with van der Waals surface area (Å²) in [7, 11) is 0. The molecule has 0 bridgehead atoms. The molecule has 1 rings (SSSR count). The molecule has 2 nitrogen and oxygen atoms in total. The molecule has 78 valence electrons. The van der Waals surface area contributed by atoms with Gasteiger partial charge in [0, 0.05) is 18.8 Å². The van der Waals surface area contributed by atoms with E-state index in [0.29, 0.717) is 0 Å². The number of hydrogen-bond donors (Lipinski definition) is 1. The van der Waals surface area contributed by atoms with Crippen LogP contribution in [-0.4, -0.2) is 19.8 Å². The van der Waals surface area contributed by atoms with Gasteiger partial charge in [-0.15, -0.1) is 0 Å². The Morgan fingerprint density at radius 1 is 1.29 bits per heavy atom. The Bertz CT molecular complexity index is 284. The van der Waals surface area contributed by atoms with Crippen LogP contribution in [0.3, 0.4) is 0 Å². The predicted molar refractivity (Wildman–Crippen MR) is 60.9 cm³/mol. The van der Waals surface area contributed by atoms with Crippen LogP contribution < -0.4 is 5.32 Å². The molecule has 0 unspecified atom stereocenters. The minimum atomic E-state index is 0.768. The fraction of sp³-hybridized carbons (Fsp3) is 0.500. The quantitative estimate of drug-likeness (QED) is 0.726. The highest BCUT2D eigenvalue weighted by Crippen LogP contribution is 2.15. The molecular weight excluding hydrogens is 174 g/mol. The SMILES string of the molecule is CCOCCNc1cc(C)ccc1C. The second kappa shape index (κ2) is 5.66. The second-order valence-electron chi connectivity index (χ2n) is 3.44. The molecule has 0 radical (unpaired) electrons. The van der Waals surface area contributed by atoms with E-state index in [1.807, 2.05) is 6.92 Å². The number of aryl methyl sites for hydroxylation is 2. The maximum atomic E-state index is 5.26. The van der Waals surface area contributed by atoms with Crippen molar-refractivity contribution in [2.75, 3.05) is 25.1 Å². The topological polar surface area (TPSA) is 21.3 Å². The van der Waals surface area contributed by atoms with Crippen LogP contribution >= 0.6 is 0 Å². The van der Waals surface area contributed by atoms with Crippen molar-refractivity contribution in [2.24, 2.45) is 0 Å². The summed E-state index contributed by atoms with van der Waals surface area (Å²) < 4.78 is 5.26. The first kappa shape index (κ1) is 11.1. The molecule has 1 aromatic rings. The van der Waals surface area contributed by atoms with Crippen molar-refractivity contribution in [3.05, 3.63) is 29.3 Å². The first-order chi connectivity index (χ1) is 6.74. The second-order valence-corrected chi connectivity index (χ2v) is 3.44. The Balaban J connectivity index is 2.45. The van der Waals surface area contributed by atoms with E-state index < -0.39 is 0 Å². The van der Waals surface area contributed by atoms with Gasteiger partial charge in [0.05, 0.1) is 6.61 Å². The third-order valence-electron chi connectivity index (χ3n) is 2.16. The number of benzene rings is 1. The average molecular weight is 193 g/mol. The number of nitrogens with one attached hydrogen (secondary N) is 1. The van der Waals surface area contributed by atoms with Crippen LogP contribution in [0.15, 0.2) is 18.2 Å². The summed E-state index contributed by atoms with van der Waals surface area (Å²) >= 11 is 0. The third-order valence-corrected chi connectivity index (χ3v) is 2.16. The first-order valence-electron chi connectivity index (χ1n) is 5.13. The highest BCUT2D eigenvalue weighted by molar-refractivity contribution is 5.52. The van der Waals surface area contributed by atoms with Crippen molar-refractivity contribution in [3.63, 3.8) is 0 Å². The van der Waals surface area contributed by atoms with Crippen molar-refractivity contribution in [1.29, 1.82) is 0 Å². The number of anilines is 1. The van der Waals surface area contributed by atoms with Crippen LogP contribution in [0.5, 0.6) is 0 Å². The fourth-order valence-corrected chi connectivity index (χ4v) is 1.33. The van der Waals surface area contributed by atoms with Crippen molar-refractivity contribution < 1.29 is 4.74 Å². The van der Waals surface area contributed by atoms with Crippen LogP contribution in [0.1, 0.15) is 18.1 Å². The van der Waals surface area contributed by atoms with Gasteiger partial charge in [0.15, 0.2) is 0 Å². The smallest absolute Gasteiger partial charge is 0.0638 e. The molecule has 0 aromatic heterocycles. The highest BCUT2D eigenvalue weighted by atomic mass is 16.5. The fourth-order valence-electron chi connectivity index (χ4n) is 1.33. The van der Waals surface area contributed by atoms with Crippen LogP contribution in [0, 0.1) is 13.8 Å². The van der Waals surface area contributed by atoms with E-state index in [9.17, 15) is 0 Å². The van der Waals surface area contributed by atoms with Gasteiger partial charge in [-0.1, -0.05) is 12.1 Å². The Hall–Kier alpha value is -1.02. The lowest BCUT2D eigenvalue weighted by atomic mass is 10.1. The highest BCUT2D eigenvalue weighted by Gasteiger charge is 1.96. The Kier molecular flexibility index (Phi) is 4.47. The molecule has 0 saturated heterocycles. The molecule has 1 N–H and O–H groups in total. The molecule has 2 heteroatoms. The summed E-state index contributed by atoms with van der Waals surface area (Å²) in [4.78, 5) is 0. The molecule has 0 aliphatic carbocycles. The zero-order valence-electron chi connectivity index (χ0n) is 9.26. The summed E-state index contributed by atoms with van der Waals surface area (Å²) in [5.74, 6) is 0. The first-order valence-corrected chi connectivity index (χ1v) is 5.13. The van der Waals surface area contributed by atoms with E-state index in [1.165, 1.54) is 16.8 Å². The van der Waals surface area contributed by atoms with Crippen LogP contribution in [0.25, 0.3) is 0 Å². The molecule has 0 atom stereocenters. The van der Waals surface area contributed by atoms with Gasteiger partial charge in [0.25, 0.3) is 0 Å². The lowest BCUT2D eigenvalue weighted by molar-refractivity contribution is 0.158. The summed E-state index contributed by atoms with van der Waals surface area (Å²) in [6, 6.07) is 6.43. The summed E-state index contributed by atoms with van der Waals surface area (Å²) in [6.07, 6.45) is 0. The largest absolute Gasteiger partial charge is 0.383 e. The predicted octanol–water partition coefficient (Wildman–Crippen LogP) is 2.75. The van der Waals surface area contributed by atoms with Gasteiger partial charge >= 0.3 is 0 Å².